The van der Waals surface area contributed by atoms with Crippen molar-refractivity contribution >= 4 is 5.91 Å². The maximum Gasteiger partial charge on any atom is 0.435 e. The first-order valence-corrected chi connectivity index (χ1v) is 7.62. The quantitative estimate of drug-likeness (QED) is 0.732. The lowest BCUT2D eigenvalue weighted by Gasteiger charge is -2.09. The van der Waals surface area contributed by atoms with E-state index in [2.05, 4.69) is 15.2 Å². The van der Waals surface area contributed by atoms with Gasteiger partial charge in [0, 0.05) is 12.7 Å². The number of alkyl halides is 6. The van der Waals surface area contributed by atoms with E-state index in [1.165, 1.54) is 0 Å². The molecule has 0 unspecified atom stereocenters. The molecule has 148 valence electrons. The van der Waals surface area contributed by atoms with E-state index in [0.29, 0.717) is 11.1 Å². The molecule has 0 aliphatic heterocycles. The molecule has 0 bridgehead atoms. The maximum atomic E-state index is 12.4. The van der Waals surface area contributed by atoms with Crippen LogP contribution in [0.1, 0.15) is 16.8 Å². The van der Waals surface area contributed by atoms with Crippen molar-refractivity contribution < 1.29 is 35.9 Å². The minimum atomic E-state index is -4.58. The van der Waals surface area contributed by atoms with E-state index in [1.807, 2.05) is 0 Å². The van der Waals surface area contributed by atoms with Crippen LogP contribution < -0.4 is 5.32 Å². The number of hydrogen-bond acceptors (Lipinski definition) is 3. The van der Waals surface area contributed by atoms with Gasteiger partial charge >= 0.3 is 12.4 Å². The van der Waals surface area contributed by atoms with Crippen LogP contribution in [-0.4, -0.2) is 28.5 Å². The van der Waals surface area contributed by atoms with Gasteiger partial charge in [0.1, 0.15) is 13.2 Å². The minimum absolute atomic E-state index is 0.107. The first kappa shape index (κ1) is 20.7. The summed E-state index contributed by atoms with van der Waals surface area (Å²) in [6.07, 6.45) is -7.91. The molecule has 2 aromatic rings. The summed E-state index contributed by atoms with van der Waals surface area (Å²) >= 11 is 0. The molecule has 1 amide bonds. The van der Waals surface area contributed by atoms with Crippen LogP contribution in [0.2, 0.25) is 0 Å². The lowest BCUT2D eigenvalue weighted by molar-refractivity contribution is -0.176. The second kappa shape index (κ2) is 8.42. The molecule has 0 aliphatic carbocycles. The van der Waals surface area contributed by atoms with Gasteiger partial charge in [-0.05, 0) is 17.2 Å². The Bertz CT molecular complexity index is 753. The molecule has 0 atom stereocenters. The van der Waals surface area contributed by atoms with Crippen LogP contribution in [0, 0.1) is 0 Å². The smallest absolute Gasteiger partial charge is 0.367 e. The Balaban J connectivity index is 1.77. The molecule has 0 saturated heterocycles. The van der Waals surface area contributed by atoms with Gasteiger partial charge in [0.05, 0.1) is 6.61 Å². The number of halogens is 6. The van der Waals surface area contributed by atoms with Gasteiger partial charge < -0.3 is 10.1 Å². The van der Waals surface area contributed by atoms with E-state index in [4.69, 9.17) is 0 Å². The number of hydrogen-bond donors (Lipinski definition) is 1. The Morgan fingerprint density at radius 3 is 2.22 bits per heavy atom. The van der Waals surface area contributed by atoms with Crippen molar-refractivity contribution in [1.82, 2.24) is 15.1 Å². The zero-order valence-corrected chi connectivity index (χ0v) is 13.8. The minimum Gasteiger partial charge on any atom is -0.367 e. The van der Waals surface area contributed by atoms with Crippen LogP contribution in [-0.2, 0) is 35.4 Å². The predicted molar refractivity (Wildman–Crippen MR) is 81.2 cm³/mol. The van der Waals surface area contributed by atoms with Crippen LogP contribution in [0.5, 0.6) is 0 Å². The average Bonchev–Trinajstić information content (AvgIpc) is 3.02. The molecule has 0 radical (unpaired) electrons. The molecule has 1 aromatic carbocycles. The van der Waals surface area contributed by atoms with Gasteiger partial charge in [0.25, 0.3) is 0 Å². The first-order valence-electron chi connectivity index (χ1n) is 7.62. The Kier molecular flexibility index (Phi) is 6.47. The molecule has 0 saturated carbocycles. The monoisotopic (exact) mass is 395 g/mol. The molecule has 5 nitrogen and oxygen atoms in total. The highest BCUT2D eigenvalue weighted by molar-refractivity contribution is 5.75. The van der Waals surface area contributed by atoms with Gasteiger partial charge in [-0.15, -0.1) is 0 Å². The number of nitrogens with zero attached hydrogens (tertiary/aromatic N) is 2. The summed E-state index contributed by atoms with van der Waals surface area (Å²) in [6, 6.07) is 7.08. The van der Waals surface area contributed by atoms with Crippen molar-refractivity contribution in [2.75, 3.05) is 6.61 Å². The molecule has 11 heteroatoms. The van der Waals surface area contributed by atoms with Gasteiger partial charge in [-0.1, -0.05) is 24.3 Å². The van der Waals surface area contributed by atoms with Crippen molar-refractivity contribution in [2.24, 2.45) is 0 Å². The molecule has 1 heterocycles. The highest BCUT2D eigenvalue weighted by atomic mass is 19.4. The third-order valence-corrected chi connectivity index (χ3v) is 3.28. The number of ether oxygens (including phenoxy) is 1. The number of carbonyl (C=O) groups is 1. The standard InChI is InChI=1S/C16H15F6N3O2/c17-15(18,19)10-27-9-12-3-1-11(2-4-12)7-23-14(26)8-25-6-5-13(24-25)16(20,21)22/h1-6H,7-10H2,(H,23,26). The molecular formula is C16H15F6N3O2. The Morgan fingerprint density at radius 2 is 1.67 bits per heavy atom. The zero-order chi connectivity index (χ0) is 20.1. The number of aromatic nitrogens is 2. The normalized spacial score (nSPS) is 12.2. The lowest BCUT2D eigenvalue weighted by atomic mass is 10.1. The lowest BCUT2D eigenvalue weighted by Crippen LogP contribution is -2.27. The van der Waals surface area contributed by atoms with E-state index in [9.17, 15) is 31.1 Å². The summed E-state index contributed by atoms with van der Waals surface area (Å²) in [6.45, 7) is -1.81. The number of benzene rings is 1. The number of amides is 1. The molecule has 27 heavy (non-hydrogen) atoms. The highest BCUT2D eigenvalue weighted by Gasteiger charge is 2.33. The fourth-order valence-electron chi connectivity index (χ4n) is 2.04. The summed E-state index contributed by atoms with van der Waals surface area (Å²) < 4.78 is 78.7. The van der Waals surface area contributed by atoms with Crippen molar-refractivity contribution in [3.05, 3.63) is 53.3 Å². The van der Waals surface area contributed by atoms with Crippen LogP contribution in [0.15, 0.2) is 36.5 Å². The van der Waals surface area contributed by atoms with Crippen molar-refractivity contribution in [2.45, 2.75) is 32.0 Å². The Morgan fingerprint density at radius 1 is 1.04 bits per heavy atom. The summed E-state index contributed by atoms with van der Waals surface area (Å²) in [5, 5.41) is 5.79. The van der Waals surface area contributed by atoms with Crippen LogP contribution >= 0.6 is 0 Å². The van der Waals surface area contributed by atoms with Gasteiger partial charge in [-0.2, -0.15) is 31.4 Å². The van der Waals surface area contributed by atoms with Gasteiger partial charge in [-0.3, -0.25) is 9.48 Å². The molecule has 0 fully saturated rings. The zero-order valence-electron chi connectivity index (χ0n) is 13.8. The van der Waals surface area contributed by atoms with Crippen LogP contribution in [0.3, 0.4) is 0 Å². The fourth-order valence-corrected chi connectivity index (χ4v) is 2.04. The summed E-state index contributed by atoms with van der Waals surface area (Å²) in [7, 11) is 0. The second-order valence-electron chi connectivity index (χ2n) is 5.60. The second-order valence-corrected chi connectivity index (χ2v) is 5.60. The van der Waals surface area contributed by atoms with Crippen molar-refractivity contribution in [3.63, 3.8) is 0 Å². The number of rotatable bonds is 7. The third-order valence-electron chi connectivity index (χ3n) is 3.28. The first-order chi connectivity index (χ1) is 12.5. The Hall–Kier alpha value is -2.56. The maximum absolute atomic E-state index is 12.4. The summed E-state index contributed by atoms with van der Waals surface area (Å²) in [5.41, 5.74) is 0.114. The third kappa shape index (κ3) is 7.29. The summed E-state index contributed by atoms with van der Waals surface area (Å²) in [4.78, 5) is 11.8. The van der Waals surface area contributed by atoms with Crippen molar-refractivity contribution in [1.29, 1.82) is 0 Å². The van der Waals surface area contributed by atoms with Crippen molar-refractivity contribution in [3.8, 4) is 0 Å². The molecule has 0 spiro atoms. The van der Waals surface area contributed by atoms with Gasteiger partial charge in [0.2, 0.25) is 5.91 Å². The molecular weight excluding hydrogens is 380 g/mol. The highest BCUT2D eigenvalue weighted by Crippen LogP contribution is 2.27. The summed E-state index contributed by atoms with van der Waals surface area (Å²) in [5.74, 6) is -0.538. The van der Waals surface area contributed by atoms with Crippen LogP contribution in [0.25, 0.3) is 0 Å². The van der Waals surface area contributed by atoms with Gasteiger partial charge in [-0.25, -0.2) is 0 Å². The number of carbonyl (C=O) groups excluding carboxylic acids is 1. The topological polar surface area (TPSA) is 56.2 Å². The SMILES string of the molecule is O=C(Cn1ccc(C(F)(F)F)n1)NCc1ccc(COCC(F)(F)F)cc1. The van der Waals surface area contributed by atoms with E-state index in [1.54, 1.807) is 24.3 Å². The molecule has 2 rings (SSSR count). The average molecular weight is 395 g/mol. The largest absolute Gasteiger partial charge is 0.435 e. The fraction of sp³-hybridized carbons (Fsp3) is 0.375. The Labute approximate surface area is 149 Å². The predicted octanol–water partition coefficient (Wildman–Crippen LogP) is 3.30. The van der Waals surface area contributed by atoms with Crippen LogP contribution in [0.4, 0.5) is 26.3 Å². The molecule has 0 aliphatic rings. The number of nitrogens with one attached hydrogen (secondary N) is 1. The molecule has 1 aromatic heterocycles. The van der Waals surface area contributed by atoms with Gasteiger partial charge in [0.15, 0.2) is 5.69 Å². The van der Waals surface area contributed by atoms with E-state index >= 15 is 0 Å². The van der Waals surface area contributed by atoms with E-state index < -0.39 is 30.6 Å². The van der Waals surface area contributed by atoms with E-state index in [0.717, 1.165) is 16.9 Å². The molecule has 1 N–H and O–H groups in total. The van der Waals surface area contributed by atoms with E-state index in [-0.39, 0.29) is 19.7 Å².